The molecule has 0 unspecified atom stereocenters. The highest BCUT2D eigenvalue weighted by molar-refractivity contribution is 7.10. The van der Waals surface area contributed by atoms with Crippen LogP contribution in [0.2, 0.25) is 0 Å². The van der Waals surface area contributed by atoms with Crippen LogP contribution in [0.1, 0.15) is 38.5 Å². The van der Waals surface area contributed by atoms with Crippen LogP contribution in [0.15, 0.2) is 11.4 Å². The molecule has 4 nitrogen and oxygen atoms in total. The van der Waals surface area contributed by atoms with Gasteiger partial charge in [-0.15, -0.1) is 11.3 Å². The first-order valence-corrected chi connectivity index (χ1v) is 8.10. The molecular weight excluding hydrogens is 270 g/mol. The normalized spacial score (nSPS) is 17.4. The number of piperidine rings is 1. The number of nitrogens with one attached hydrogen (secondary N) is 1. The van der Waals surface area contributed by atoms with Crippen LogP contribution in [-0.4, -0.2) is 29.9 Å². The molecule has 0 aromatic carbocycles. The van der Waals surface area contributed by atoms with E-state index >= 15 is 0 Å². The Balaban J connectivity index is 1.77. The number of nitrogens with two attached hydrogens (primary N) is 1. The smallest absolute Gasteiger partial charge is 0.227 e. The molecule has 20 heavy (non-hydrogen) atoms. The van der Waals surface area contributed by atoms with E-state index in [1.807, 2.05) is 37.1 Å². The van der Waals surface area contributed by atoms with Crippen LogP contribution in [0, 0.1) is 5.41 Å². The summed E-state index contributed by atoms with van der Waals surface area (Å²) in [5, 5.41) is 5.58. The van der Waals surface area contributed by atoms with Crippen molar-refractivity contribution in [1.82, 2.24) is 10.2 Å². The van der Waals surface area contributed by atoms with Gasteiger partial charge in [0.15, 0.2) is 0 Å². The van der Waals surface area contributed by atoms with Gasteiger partial charge in [-0.05, 0) is 24.3 Å². The zero-order chi connectivity index (χ0) is 14.8. The fourth-order valence-corrected chi connectivity index (χ4v) is 3.24. The Bertz CT molecular complexity index is 456. The second-order valence-electron chi connectivity index (χ2n) is 6.50. The molecule has 0 saturated carbocycles. The molecule has 0 spiro atoms. The van der Waals surface area contributed by atoms with Gasteiger partial charge in [-0.3, -0.25) is 4.79 Å². The molecule has 3 N–H and O–H groups in total. The summed E-state index contributed by atoms with van der Waals surface area (Å²) in [7, 11) is 0. The first-order valence-electron chi connectivity index (χ1n) is 7.22. The van der Waals surface area contributed by atoms with Crippen LogP contribution in [0.3, 0.4) is 0 Å². The number of nitrogen functional groups attached to an aromatic ring is 1. The number of amides is 1. The van der Waals surface area contributed by atoms with E-state index in [1.165, 1.54) is 4.88 Å². The van der Waals surface area contributed by atoms with Gasteiger partial charge in [0.05, 0.1) is 0 Å². The van der Waals surface area contributed by atoms with Gasteiger partial charge in [0.25, 0.3) is 0 Å². The van der Waals surface area contributed by atoms with Crippen LogP contribution < -0.4 is 11.1 Å². The van der Waals surface area contributed by atoms with Crippen molar-refractivity contribution in [1.29, 1.82) is 0 Å². The summed E-state index contributed by atoms with van der Waals surface area (Å²) in [6.45, 7) is 8.50. The molecule has 1 aliphatic heterocycles. The predicted octanol–water partition coefficient (Wildman–Crippen LogP) is 2.46. The minimum atomic E-state index is -0.272. The van der Waals surface area contributed by atoms with E-state index in [4.69, 9.17) is 5.73 Å². The van der Waals surface area contributed by atoms with E-state index in [-0.39, 0.29) is 11.3 Å². The van der Waals surface area contributed by atoms with Crippen molar-refractivity contribution in [2.75, 3.05) is 18.8 Å². The number of likely N-dealkylation sites (tertiary alicyclic amines) is 1. The SMILES string of the molecule is CC(C)(C)C(=O)N1CCC(NCc2sccc2N)CC1. The maximum absolute atomic E-state index is 12.2. The van der Waals surface area contributed by atoms with Gasteiger partial charge >= 0.3 is 0 Å². The number of hydrogen-bond acceptors (Lipinski definition) is 4. The Hall–Kier alpha value is -1.07. The maximum atomic E-state index is 12.2. The second-order valence-corrected chi connectivity index (χ2v) is 7.50. The number of nitrogens with zero attached hydrogens (tertiary/aromatic N) is 1. The van der Waals surface area contributed by atoms with E-state index in [9.17, 15) is 4.79 Å². The lowest BCUT2D eigenvalue weighted by Crippen LogP contribution is -2.48. The highest BCUT2D eigenvalue weighted by atomic mass is 32.1. The lowest BCUT2D eigenvalue weighted by molar-refractivity contribution is -0.140. The number of carbonyl (C=O) groups is 1. The van der Waals surface area contributed by atoms with Gasteiger partial charge < -0.3 is 16.0 Å². The number of carbonyl (C=O) groups excluding carboxylic acids is 1. The molecule has 1 aromatic heterocycles. The molecule has 1 aliphatic rings. The topological polar surface area (TPSA) is 58.4 Å². The van der Waals surface area contributed by atoms with Crippen LogP contribution in [-0.2, 0) is 11.3 Å². The van der Waals surface area contributed by atoms with E-state index < -0.39 is 0 Å². The lowest BCUT2D eigenvalue weighted by Gasteiger charge is -2.36. The van der Waals surface area contributed by atoms with Gasteiger partial charge in [-0.2, -0.15) is 0 Å². The Morgan fingerprint density at radius 2 is 2.10 bits per heavy atom. The number of hydrogen-bond donors (Lipinski definition) is 2. The molecule has 1 fully saturated rings. The molecular formula is C15H25N3OS. The quantitative estimate of drug-likeness (QED) is 0.900. The van der Waals surface area contributed by atoms with E-state index in [1.54, 1.807) is 11.3 Å². The van der Waals surface area contributed by atoms with Crippen molar-refractivity contribution in [2.45, 2.75) is 46.2 Å². The van der Waals surface area contributed by atoms with Crippen molar-refractivity contribution in [3.63, 3.8) is 0 Å². The third kappa shape index (κ3) is 3.73. The Morgan fingerprint density at radius 1 is 1.45 bits per heavy atom. The largest absolute Gasteiger partial charge is 0.398 e. The molecule has 0 bridgehead atoms. The first-order chi connectivity index (χ1) is 9.38. The van der Waals surface area contributed by atoms with Crippen LogP contribution >= 0.6 is 11.3 Å². The van der Waals surface area contributed by atoms with Crippen LogP contribution in [0.4, 0.5) is 5.69 Å². The van der Waals surface area contributed by atoms with E-state index in [0.29, 0.717) is 6.04 Å². The summed E-state index contributed by atoms with van der Waals surface area (Å²) in [5.74, 6) is 0.262. The molecule has 1 saturated heterocycles. The van der Waals surface area contributed by atoms with Crippen molar-refractivity contribution >= 4 is 22.9 Å². The lowest BCUT2D eigenvalue weighted by atomic mass is 9.93. The molecule has 2 rings (SSSR count). The maximum Gasteiger partial charge on any atom is 0.227 e. The molecule has 112 valence electrons. The standard InChI is InChI=1S/C15H25N3OS/c1-15(2,3)14(19)18-7-4-11(5-8-18)17-10-13-12(16)6-9-20-13/h6,9,11,17H,4-5,7-8,10,16H2,1-3H3. The van der Waals surface area contributed by atoms with Crippen LogP contribution in [0.5, 0.6) is 0 Å². The Morgan fingerprint density at radius 3 is 2.60 bits per heavy atom. The average Bonchev–Trinajstić information content (AvgIpc) is 2.81. The summed E-state index contributed by atoms with van der Waals surface area (Å²) >= 11 is 1.69. The number of thiophene rings is 1. The van der Waals surface area contributed by atoms with E-state index in [0.717, 1.165) is 38.2 Å². The van der Waals surface area contributed by atoms with Crippen LogP contribution in [0.25, 0.3) is 0 Å². The number of rotatable bonds is 3. The van der Waals surface area contributed by atoms with E-state index in [2.05, 4.69) is 5.32 Å². The fraction of sp³-hybridized carbons (Fsp3) is 0.667. The molecule has 0 atom stereocenters. The van der Waals surface area contributed by atoms with Crippen molar-refractivity contribution in [3.8, 4) is 0 Å². The minimum absolute atomic E-state index is 0.262. The van der Waals surface area contributed by atoms with Gasteiger partial charge in [0.2, 0.25) is 5.91 Å². The Kier molecular flexibility index (Phi) is 4.70. The summed E-state index contributed by atoms with van der Waals surface area (Å²) in [4.78, 5) is 15.4. The first kappa shape index (κ1) is 15.3. The molecule has 2 heterocycles. The van der Waals surface area contributed by atoms with Gasteiger partial charge in [-0.25, -0.2) is 0 Å². The third-order valence-electron chi connectivity index (χ3n) is 3.75. The highest BCUT2D eigenvalue weighted by Gasteiger charge is 2.30. The van der Waals surface area contributed by atoms with Gasteiger partial charge in [0, 0.05) is 41.7 Å². The van der Waals surface area contributed by atoms with Crippen molar-refractivity contribution in [3.05, 3.63) is 16.3 Å². The van der Waals surface area contributed by atoms with Crippen molar-refractivity contribution < 1.29 is 4.79 Å². The predicted molar refractivity (Wildman–Crippen MR) is 84.6 cm³/mol. The molecule has 0 aliphatic carbocycles. The van der Waals surface area contributed by atoms with Gasteiger partial charge in [-0.1, -0.05) is 20.8 Å². The Labute approximate surface area is 125 Å². The molecule has 5 heteroatoms. The highest BCUT2D eigenvalue weighted by Crippen LogP contribution is 2.22. The summed E-state index contributed by atoms with van der Waals surface area (Å²) in [6.07, 6.45) is 2.04. The zero-order valence-corrected chi connectivity index (χ0v) is 13.4. The van der Waals surface area contributed by atoms with Crippen molar-refractivity contribution in [2.24, 2.45) is 5.41 Å². The molecule has 1 aromatic rings. The average molecular weight is 295 g/mol. The number of anilines is 1. The summed E-state index contributed by atoms with van der Waals surface area (Å²) in [5.41, 5.74) is 6.49. The molecule has 1 amide bonds. The zero-order valence-electron chi connectivity index (χ0n) is 12.6. The third-order valence-corrected chi connectivity index (χ3v) is 4.69. The fourth-order valence-electron chi connectivity index (χ4n) is 2.49. The van der Waals surface area contributed by atoms with Gasteiger partial charge in [0.1, 0.15) is 0 Å². The summed E-state index contributed by atoms with van der Waals surface area (Å²) in [6, 6.07) is 2.44. The monoisotopic (exact) mass is 295 g/mol. The second kappa shape index (κ2) is 6.14. The minimum Gasteiger partial charge on any atom is -0.398 e. The molecule has 0 radical (unpaired) electrons. The summed E-state index contributed by atoms with van der Waals surface area (Å²) < 4.78 is 0.